The van der Waals surface area contributed by atoms with Gasteiger partial charge >= 0.3 is 5.97 Å². The van der Waals surface area contributed by atoms with E-state index in [2.05, 4.69) is 19.1 Å². The number of carboxylic acid groups (broad SMARTS) is 1. The molecule has 0 bridgehead atoms. The molecule has 0 saturated heterocycles. The third-order valence-corrected chi connectivity index (χ3v) is 6.27. The number of hydrogen-bond donors (Lipinski definition) is 1. The van der Waals surface area contributed by atoms with E-state index >= 15 is 0 Å². The van der Waals surface area contributed by atoms with Crippen LogP contribution in [-0.4, -0.2) is 43.1 Å². The molecule has 1 N–H and O–H groups in total. The first-order valence-corrected chi connectivity index (χ1v) is 13.0. The number of allylic oxidation sites excluding steroid dienone is 2. The summed E-state index contributed by atoms with van der Waals surface area (Å²) in [6, 6.07) is 0. The third kappa shape index (κ3) is 18.5. The van der Waals surface area contributed by atoms with Crippen LogP contribution in [0.2, 0.25) is 0 Å². The summed E-state index contributed by atoms with van der Waals surface area (Å²) in [6.07, 6.45) is 22.7. The first kappa shape index (κ1) is 27.1. The van der Waals surface area contributed by atoms with Gasteiger partial charge in [0, 0.05) is 13.1 Å². The highest BCUT2D eigenvalue weighted by Crippen LogP contribution is 2.11. The van der Waals surface area contributed by atoms with E-state index in [1.165, 1.54) is 68.5 Å². The van der Waals surface area contributed by atoms with Crippen molar-refractivity contribution >= 4 is 16.0 Å². The predicted molar refractivity (Wildman–Crippen MR) is 118 cm³/mol. The van der Waals surface area contributed by atoms with E-state index in [-0.39, 0.29) is 13.0 Å². The average molecular weight is 418 g/mol. The van der Waals surface area contributed by atoms with Crippen molar-refractivity contribution in [2.75, 3.05) is 19.3 Å². The molecule has 5 nitrogen and oxygen atoms in total. The van der Waals surface area contributed by atoms with Crippen LogP contribution in [0.1, 0.15) is 103 Å². The average Bonchev–Trinajstić information content (AvgIpc) is 2.62. The van der Waals surface area contributed by atoms with Crippen molar-refractivity contribution in [2.45, 2.75) is 103 Å². The van der Waals surface area contributed by atoms with Gasteiger partial charge in [-0.25, -0.2) is 12.7 Å². The van der Waals surface area contributed by atoms with Crippen molar-refractivity contribution in [3.63, 3.8) is 0 Å². The summed E-state index contributed by atoms with van der Waals surface area (Å²) in [4.78, 5) is 10.6. The first-order chi connectivity index (χ1) is 13.4. The summed E-state index contributed by atoms with van der Waals surface area (Å²) >= 11 is 0. The van der Waals surface area contributed by atoms with Crippen molar-refractivity contribution in [1.82, 2.24) is 4.31 Å². The lowest BCUT2D eigenvalue weighted by molar-refractivity contribution is -0.137. The number of sulfonamides is 1. The lowest BCUT2D eigenvalue weighted by atomic mass is 10.1. The number of aliphatic carboxylic acids is 1. The maximum atomic E-state index is 11.7. The molecule has 0 unspecified atom stereocenters. The molecule has 0 aliphatic rings. The van der Waals surface area contributed by atoms with E-state index in [4.69, 9.17) is 5.11 Å². The molecular weight excluding hydrogens is 374 g/mol. The summed E-state index contributed by atoms with van der Waals surface area (Å²) in [5.74, 6) is -0.963. The van der Waals surface area contributed by atoms with Gasteiger partial charge in [-0.3, -0.25) is 4.79 Å². The molecule has 0 aromatic heterocycles. The number of nitrogens with zero attached hydrogens (tertiary/aromatic N) is 1. The zero-order chi connectivity index (χ0) is 21.1. The van der Waals surface area contributed by atoms with E-state index in [0.717, 1.165) is 31.9 Å². The van der Waals surface area contributed by atoms with Gasteiger partial charge in [-0.05, 0) is 32.1 Å². The van der Waals surface area contributed by atoms with Crippen molar-refractivity contribution in [2.24, 2.45) is 0 Å². The van der Waals surface area contributed by atoms with Crippen molar-refractivity contribution in [3.05, 3.63) is 12.2 Å². The number of rotatable bonds is 20. The van der Waals surface area contributed by atoms with Crippen LogP contribution in [0.15, 0.2) is 12.2 Å². The van der Waals surface area contributed by atoms with Gasteiger partial charge < -0.3 is 5.11 Å². The maximum absolute atomic E-state index is 11.7. The minimum atomic E-state index is -3.32. The van der Waals surface area contributed by atoms with Gasteiger partial charge in [-0.1, -0.05) is 76.9 Å². The molecule has 0 radical (unpaired) electrons. The van der Waals surface area contributed by atoms with Crippen molar-refractivity contribution in [1.29, 1.82) is 0 Å². The summed E-state index contributed by atoms with van der Waals surface area (Å²) in [5, 5.41) is 8.71. The SMILES string of the molecule is CCCCCCCC/C=C\CCCCCCCCN(CCC(=O)O)S(C)(=O)=O. The molecule has 28 heavy (non-hydrogen) atoms. The molecule has 0 spiro atoms. The highest BCUT2D eigenvalue weighted by Gasteiger charge is 2.16. The number of hydrogen-bond acceptors (Lipinski definition) is 3. The van der Waals surface area contributed by atoms with Crippen LogP contribution in [0.4, 0.5) is 0 Å². The molecular formula is C22H43NO4S. The minimum absolute atomic E-state index is 0.0687. The second-order valence-electron chi connectivity index (χ2n) is 7.74. The Bertz CT molecular complexity index is 503. The molecule has 0 heterocycles. The van der Waals surface area contributed by atoms with Gasteiger partial charge in [0.05, 0.1) is 12.7 Å². The van der Waals surface area contributed by atoms with Gasteiger partial charge in [0.2, 0.25) is 10.0 Å². The molecule has 0 aromatic carbocycles. The zero-order valence-corrected chi connectivity index (χ0v) is 19.0. The van der Waals surface area contributed by atoms with Gasteiger partial charge in [0.15, 0.2) is 0 Å². The summed E-state index contributed by atoms with van der Waals surface area (Å²) in [5.41, 5.74) is 0. The topological polar surface area (TPSA) is 74.7 Å². The zero-order valence-electron chi connectivity index (χ0n) is 18.2. The van der Waals surface area contributed by atoms with Gasteiger partial charge in [-0.2, -0.15) is 0 Å². The first-order valence-electron chi connectivity index (χ1n) is 11.2. The molecule has 0 aromatic rings. The number of carbonyl (C=O) groups is 1. The molecule has 0 aliphatic heterocycles. The quantitative estimate of drug-likeness (QED) is 0.202. The lowest BCUT2D eigenvalue weighted by Crippen LogP contribution is -2.33. The van der Waals surface area contributed by atoms with Crippen LogP contribution in [-0.2, 0) is 14.8 Å². The predicted octanol–water partition coefficient (Wildman–Crippen LogP) is 5.76. The Morgan fingerprint density at radius 3 is 1.71 bits per heavy atom. The standard InChI is InChI=1S/C22H43NO4S/c1-3-4-5-6-7-8-9-10-11-12-13-14-15-16-17-18-20-23(28(2,26)27)21-19-22(24)25/h10-11H,3-9,12-21H2,1-2H3,(H,24,25)/b11-10-. The van der Waals surface area contributed by atoms with E-state index in [9.17, 15) is 13.2 Å². The van der Waals surface area contributed by atoms with Crippen molar-refractivity contribution < 1.29 is 18.3 Å². The van der Waals surface area contributed by atoms with Crippen LogP contribution in [0, 0.1) is 0 Å². The molecule has 0 aliphatic carbocycles. The number of unbranched alkanes of at least 4 members (excludes halogenated alkanes) is 12. The molecule has 0 amide bonds. The molecule has 0 rings (SSSR count). The van der Waals surface area contributed by atoms with Crippen LogP contribution < -0.4 is 0 Å². The minimum Gasteiger partial charge on any atom is -0.481 e. The second-order valence-corrected chi connectivity index (χ2v) is 9.73. The Balaban J connectivity index is 3.53. The highest BCUT2D eigenvalue weighted by atomic mass is 32.2. The Labute approximate surface area is 173 Å². The Morgan fingerprint density at radius 2 is 1.25 bits per heavy atom. The fraction of sp³-hybridized carbons (Fsp3) is 0.864. The van der Waals surface area contributed by atoms with Gasteiger partial charge in [-0.15, -0.1) is 0 Å². The van der Waals surface area contributed by atoms with E-state index in [1.807, 2.05) is 0 Å². The fourth-order valence-electron chi connectivity index (χ4n) is 3.20. The van der Waals surface area contributed by atoms with E-state index in [1.54, 1.807) is 0 Å². The third-order valence-electron chi connectivity index (χ3n) is 4.96. The van der Waals surface area contributed by atoms with Crippen LogP contribution in [0.5, 0.6) is 0 Å². The fourth-order valence-corrected chi connectivity index (χ4v) is 4.08. The monoisotopic (exact) mass is 417 g/mol. The van der Waals surface area contributed by atoms with Gasteiger partial charge in [0.1, 0.15) is 0 Å². The van der Waals surface area contributed by atoms with E-state index < -0.39 is 16.0 Å². The lowest BCUT2D eigenvalue weighted by Gasteiger charge is -2.18. The Morgan fingerprint density at radius 1 is 0.786 bits per heavy atom. The molecule has 0 fully saturated rings. The molecule has 0 saturated carbocycles. The molecule has 6 heteroatoms. The van der Waals surface area contributed by atoms with Crippen LogP contribution in [0.25, 0.3) is 0 Å². The number of carboxylic acids is 1. The van der Waals surface area contributed by atoms with E-state index in [0.29, 0.717) is 6.54 Å². The Hall–Kier alpha value is -0.880. The molecule has 0 atom stereocenters. The smallest absolute Gasteiger partial charge is 0.304 e. The summed E-state index contributed by atoms with van der Waals surface area (Å²) < 4.78 is 24.6. The second kappa shape index (κ2) is 18.2. The van der Waals surface area contributed by atoms with Crippen LogP contribution in [0.3, 0.4) is 0 Å². The highest BCUT2D eigenvalue weighted by molar-refractivity contribution is 7.88. The largest absolute Gasteiger partial charge is 0.481 e. The summed E-state index contributed by atoms with van der Waals surface area (Å²) in [7, 11) is -3.32. The normalized spacial score (nSPS) is 12.2. The van der Waals surface area contributed by atoms with Gasteiger partial charge in [0.25, 0.3) is 0 Å². The molecule has 166 valence electrons. The summed E-state index contributed by atoms with van der Waals surface area (Å²) in [6.45, 7) is 2.74. The van der Waals surface area contributed by atoms with Crippen molar-refractivity contribution in [3.8, 4) is 0 Å². The maximum Gasteiger partial charge on any atom is 0.304 e. The van der Waals surface area contributed by atoms with Crippen LogP contribution >= 0.6 is 0 Å². The Kier molecular flexibility index (Phi) is 17.6.